The molecule has 2 aliphatic rings. The van der Waals surface area contributed by atoms with E-state index in [4.69, 9.17) is 4.52 Å². The SMILES string of the molecule is CCC1CN2CCCCC2CN1Cc1cc(C)on1. The van der Waals surface area contributed by atoms with Gasteiger partial charge in [-0.05, 0) is 32.7 Å². The molecule has 0 aliphatic carbocycles. The van der Waals surface area contributed by atoms with Crippen LogP contribution in [0, 0.1) is 6.92 Å². The lowest BCUT2D eigenvalue weighted by molar-refractivity contribution is 0.00230. The maximum atomic E-state index is 5.19. The van der Waals surface area contributed by atoms with Gasteiger partial charge in [0.2, 0.25) is 0 Å². The zero-order valence-corrected chi connectivity index (χ0v) is 12.1. The largest absolute Gasteiger partial charge is 0.361 e. The second-order valence-electron chi connectivity index (χ2n) is 6.06. The number of piperidine rings is 1. The predicted molar refractivity (Wildman–Crippen MR) is 74.9 cm³/mol. The van der Waals surface area contributed by atoms with Crippen molar-refractivity contribution in [2.24, 2.45) is 0 Å². The molecule has 2 saturated heterocycles. The number of piperazine rings is 1. The van der Waals surface area contributed by atoms with E-state index in [2.05, 4.69) is 27.9 Å². The van der Waals surface area contributed by atoms with Crippen LogP contribution in [0.15, 0.2) is 10.6 Å². The van der Waals surface area contributed by atoms with Crippen molar-refractivity contribution in [3.8, 4) is 0 Å². The van der Waals surface area contributed by atoms with Crippen LogP contribution in [0.5, 0.6) is 0 Å². The molecule has 2 atom stereocenters. The number of fused-ring (bicyclic) bond motifs is 1. The summed E-state index contributed by atoms with van der Waals surface area (Å²) in [7, 11) is 0. The van der Waals surface area contributed by atoms with Crippen LogP contribution in [0.3, 0.4) is 0 Å². The lowest BCUT2D eigenvalue weighted by Gasteiger charge is -2.48. The van der Waals surface area contributed by atoms with Gasteiger partial charge in [0.05, 0.1) is 5.69 Å². The molecule has 0 N–H and O–H groups in total. The molecule has 0 aromatic carbocycles. The van der Waals surface area contributed by atoms with Crippen LogP contribution >= 0.6 is 0 Å². The Morgan fingerprint density at radius 2 is 2.26 bits per heavy atom. The summed E-state index contributed by atoms with van der Waals surface area (Å²) in [5.41, 5.74) is 1.08. The van der Waals surface area contributed by atoms with E-state index in [1.165, 1.54) is 45.3 Å². The molecule has 2 unspecified atom stereocenters. The summed E-state index contributed by atoms with van der Waals surface area (Å²) >= 11 is 0. The standard InChI is InChI=1S/C15H25N3O/c1-3-14-10-17-7-5-4-6-15(17)11-18(14)9-13-8-12(2)19-16-13/h8,14-15H,3-7,9-11H2,1-2H3. The van der Waals surface area contributed by atoms with E-state index in [9.17, 15) is 0 Å². The van der Waals surface area contributed by atoms with Crippen LogP contribution in [0.1, 0.15) is 44.1 Å². The molecule has 0 radical (unpaired) electrons. The van der Waals surface area contributed by atoms with Gasteiger partial charge >= 0.3 is 0 Å². The third-order valence-electron chi connectivity index (χ3n) is 4.67. The lowest BCUT2D eigenvalue weighted by Crippen LogP contribution is -2.58. The van der Waals surface area contributed by atoms with Gasteiger partial charge < -0.3 is 4.52 Å². The van der Waals surface area contributed by atoms with E-state index in [0.29, 0.717) is 6.04 Å². The van der Waals surface area contributed by atoms with E-state index >= 15 is 0 Å². The first kappa shape index (κ1) is 13.1. The molecule has 19 heavy (non-hydrogen) atoms. The zero-order chi connectivity index (χ0) is 13.2. The van der Waals surface area contributed by atoms with E-state index < -0.39 is 0 Å². The molecule has 4 heteroatoms. The number of hydrogen-bond donors (Lipinski definition) is 0. The third kappa shape index (κ3) is 2.84. The van der Waals surface area contributed by atoms with Crippen molar-refractivity contribution in [2.75, 3.05) is 19.6 Å². The van der Waals surface area contributed by atoms with Crippen molar-refractivity contribution in [3.05, 3.63) is 17.5 Å². The number of aromatic nitrogens is 1. The van der Waals surface area contributed by atoms with Crippen molar-refractivity contribution in [3.63, 3.8) is 0 Å². The van der Waals surface area contributed by atoms with Crippen molar-refractivity contribution < 1.29 is 4.52 Å². The molecule has 2 fully saturated rings. The molecule has 3 heterocycles. The Bertz CT molecular complexity index is 417. The maximum Gasteiger partial charge on any atom is 0.133 e. The van der Waals surface area contributed by atoms with Gasteiger partial charge in [-0.3, -0.25) is 9.80 Å². The minimum absolute atomic E-state index is 0.673. The summed E-state index contributed by atoms with van der Waals surface area (Å²) in [5.74, 6) is 0.916. The molecule has 0 saturated carbocycles. The highest BCUT2D eigenvalue weighted by Gasteiger charge is 2.34. The smallest absolute Gasteiger partial charge is 0.133 e. The van der Waals surface area contributed by atoms with Crippen molar-refractivity contribution in [1.82, 2.24) is 15.0 Å². The van der Waals surface area contributed by atoms with Gasteiger partial charge in [0.25, 0.3) is 0 Å². The van der Waals surface area contributed by atoms with Gasteiger partial charge in [-0.2, -0.15) is 0 Å². The summed E-state index contributed by atoms with van der Waals surface area (Å²) in [6, 6.07) is 3.51. The average Bonchev–Trinajstić information content (AvgIpc) is 2.83. The second-order valence-corrected chi connectivity index (χ2v) is 6.06. The van der Waals surface area contributed by atoms with Crippen molar-refractivity contribution >= 4 is 0 Å². The van der Waals surface area contributed by atoms with Crippen LogP contribution in [0.4, 0.5) is 0 Å². The van der Waals surface area contributed by atoms with E-state index in [1.54, 1.807) is 0 Å². The molecule has 3 rings (SSSR count). The highest BCUT2D eigenvalue weighted by Crippen LogP contribution is 2.26. The van der Waals surface area contributed by atoms with Crippen LogP contribution < -0.4 is 0 Å². The van der Waals surface area contributed by atoms with E-state index in [-0.39, 0.29) is 0 Å². The van der Waals surface area contributed by atoms with Crippen LogP contribution in [-0.4, -0.2) is 46.7 Å². The number of rotatable bonds is 3. The number of hydrogen-bond acceptors (Lipinski definition) is 4. The normalized spacial score (nSPS) is 29.4. The molecule has 106 valence electrons. The molecule has 1 aromatic rings. The Balaban J connectivity index is 1.68. The van der Waals surface area contributed by atoms with Crippen LogP contribution in [0.2, 0.25) is 0 Å². The lowest BCUT2D eigenvalue weighted by atomic mass is 9.95. The minimum Gasteiger partial charge on any atom is -0.361 e. The Kier molecular flexibility index (Phi) is 3.89. The maximum absolute atomic E-state index is 5.19. The quantitative estimate of drug-likeness (QED) is 0.838. The monoisotopic (exact) mass is 263 g/mol. The molecular weight excluding hydrogens is 238 g/mol. The highest BCUT2D eigenvalue weighted by atomic mass is 16.5. The van der Waals surface area contributed by atoms with Gasteiger partial charge in [-0.25, -0.2) is 0 Å². The molecule has 1 aromatic heterocycles. The fourth-order valence-electron chi connectivity index (χ4n) is 3.59. The van der Waals surface area contributed by atoms with Crippen LogP contribution in [-0.2, 0) is 6.54 Å². The van der Waals surface area contributed by atoms with Gasteiger partial charge in [-0.15, -0.1) is 0 Å². The summed E-state index contributed by atoms with van der Waals surface area (Å²) in [4.78, 5) is 5.33. The Labute approximate surface area is 115 Å². The Morgan fingerprint density at radius 1 is 1.37 bits per heavy atom. The molecule has 4 nitrogen and oxygen atoms in total. The number of aryl methyl sites for hydroxylation is 1. The van der Waals surface area contributed by atoms with Crippen molar-refractivity contribution in [2.45, 2.75) is 58.2 Å². The summed E-state index contributed by atoms with van der Waals surface area (Å²) in [6.07, 6.45) is 5.37. The highest BCUT2D eigenvalue weighted by molar-refractivity contribution is 5.04. The first-order chi connectivity index (χ1) is 9.26. The van der Waals surface area contributed by atoms with Gasteiger partial charge in [0.15, 0.2) is 0 Å². The summed E-state index contributed by atoms with van der Waals surface area (Å²) < 4.78 is 5.19. The minimum atomic E-state index is 0.673. The van der Waals surface area contributed by atoms with E-state index in [0.717, 1.165) is 24.0 Å². The third-order valence-corrected chi connectivity index (χ3v) is 4.67. The van der Waals surface area contributed by atoms with Crippen LogP contribution in [0.25, 0.3) is 0 Å². The molecular formula is C15H25N3O. The fourth-order valence-corrected chi connectivity index (χ4v) is 3.59. The topological polar surface area (TPSA) is 32.5 Å². The van der Waals surface area contributed by atoms with Gasteiger partial charge in [-0.1, -0.05) is 18.5 Å². The number of nitrogens with zero attached hydrogens (tertiary/aromatic N) is 3. The molecule has 0 amide bonds. The summed E-state index contributed by atoms with van der Waals surface area (Å²) in [5, 5.41) is 4.15. The van der Waals surface area contributed by atoms with E-state index in [1.807, 2.05) is 6.92 Å². The fraction of sp³-hybridized carbons (Fsp3) is 0.800. The predicted octanol–water partition coefficient (Wildman–Crippen LogP) is 2.43. The van der Waals surface area contributed by atoms with Crippen molar-refractivity contribution in [1.29, 1.82) is 0 Å². The Hall–Kier alpha value is -0.870. The first-order valence-electron chi connectivity index (χ1n) is 7.66. The van der Waals surface area contributed by atoms with Gasteiger partial charge in [0, 0.05) is 37.8 Å². The van der Waals surface area contributed by atoms with Gasteiger partial charge in [0.1, 0.15) is 5.76 Å². The molecule has 0 bridgehead atoms. The molecule has 2 aliphatic heterocycles. The average molecular weight is 263 g/mol. The first-order valence-corrected chi connectivity index (χ1v) is 7.66. The zero-order valence-electron chi connectivity index (χ0n) is 12.1. The summed E-state index contributed by atoms with van der Waals surface area (Å²) in [6.45, 7) is 8.95. The molecule has 0 spiro atoms. The Morgan fingerprint density at radius 3 is 3.00 bits per heavy atom. The second kappa shape index (κ2) is 5.63.